The minimum absolute atomic E-state index is 0.223. The Morgan fingerprint density at radius 2 is 1.75 bits per heavy atom. The third-order valence-electron chi connectivity index (χ3n) is 1.93. The molecule has 0 unspecified atom stereocenters. The number of hydrogen-bond donors (Lipinski definition) is 1. The normalized spacial score (nSPS) is 10.9. The van der Waals surface area contributed by atoms with Crippen LogP contribution in [0.15, 0.2) is 41.3 Å². The van der Waals surface area contributed by atoms with Crippen molar-refractivity contribution in [2.24, 2.45) is 0 Å². The maximum Gasteiger partial charge on any atom is 0.250 e. The van der Waals surface area contributed by atoms with Crippen molar-refractivity contribution in [3.63, 3.8) is 0 Å². The second-order valence-electron chi connectivity index (χ2n) is 3.53. The number of carbonyl (C=O) groups excluding carboxylic acids is 1. The Kier molecular flexibility index (Phi) is 3.49. The van der Waals surface area contributed by atoms with Crippen molar-refractivity contribution in [1.82, 2.24) is 0 Å². The average Bonchev–Trinajstić information content (AvgIpc) is 2.17. The largest absolute Gasteiger partial charge is 0.322 e. The molecule has 1 rings (SSSR count). The number of rotatable bonds is 3. The lowest BCUT2D eigenvalue weighted by Crippen LogP contribution is -2.11. The van der Waals surface area contributed by atoms with E-state index in [0.29, 0.717) is 11.3 Å². The van der Waals surface area contributed by atoms with Gasteiger partial charge in [-0.2, -0.15) is 0 Å². The van der Waals surface area contributed by atoms with E-state index < -0.39 is 9.84 Å². The summed E-state index contributed by atoms with van der Waals surface area (Å²) in [6, 6.07) is 5.97. The zero-order chi connectivity index (χ0) is 12.3. The van der Waals surface area contributed by atoms with Crippen LogP contribution in [0.5, 0.6) is 0 Å². The molecule has 1 aromatic rings. The highest BCUT2D eigenvalue weighted by Gasteiger charge is 2.07. The van der Waals surface area contributed by atoms with Gasteiger partial charge < -0.3 is 5.32 Å². The van der Waals surface area contributed by atoms with Crippen molar-refractivity contribution >= 4 is 21.4 Å². The molecule has 0 atom stereocenters. The number of hydrogen-bond acceptors (Lipinski definition) is 3. The van der Waals surface area contributed by atoms with Gasteiger partial charge in [0.2, 0.25) is 0 Å². The summed E-state index contributed by atoms with van der Waals surface area (Å²) in [6.07, 6.45) is 1.13. The third kappa shape index (κ3) is 3.20. The van der Waals surface area contributed by atoms with Crippen LogP contribution in [0, 0.1) is 0 Å². The van der Waals surface area contributed by atoms with Crippen LogP contribution in [0.4, 0.5) is 5.69 Å². The topological polar surface area (TPSA) is 63.2 Å². The molecule has 86 valence electrons. The molecule has 4 nitrogen and oxygen atoms in total. The first-order chi connectivity index (χ1) is 7.30. The second-order valence-corrected chi connectivity index (χ2v) is 5.55. The van der Waals surface area contributed by atoms with Gasteiger partial charge in [-0.1, -0.05) is 6.58 Å². The summed E-state index contributed by atoms with van der Waals surface area (Å²) in [7, 11) is -3.19. The van der Waals surface area contributed by atoms with Crippen molar-refractivity contribution in [3.05, 3.63) is 36.4 Å². The fourth-order valence-electron chi connectivity index (χ4n) is 1.02. The maximum absolute atomic E-state index is 11.3. The summed E-state index contributed by atoms with van der Waals surface area (Å²) >= 11 is 0. The van der Waals surface area contributed by atoms with Gasteiger partial charge in [0.25, 0.3) is 5.91 Å². The first-order valence-corrected chi connectivity index (χ1v) is 6.47. The van der Waals surface area contributed by atoms with Crippen LogP contribution in [-0.4, -0.2) is 20.6 Å². The van der Waals surface area contributed by atoms with Crippen LogP contribution in [0.25, 0.3) is 0 Å². The molecule has 0 aliphatic heterocycles. The van der Waals surface area contributed by atoms with Crippen LogP contribution in [-0.2, 0) is 14.6 Å². The Labute approximate surface area is 94.9 Å². The molecule has 0 aromatic heterocycles. The van der Waals surface area contributed by atoms with Crippen molar-refractivity contribution < 1.29 is 13.2 Å². The monoisotopic (exact) mass is 239 g/mol. The first-order valence-electron chi connectivity index (χ1n) is 4.57. The zero-order valence-corrected chi connectivity index (χ0v) is 9.97. The number of amides is 1. The lowest BCUT2D eigenvalue weighted by Gasteiger charge is -2.05. The van der Waals surface area contributed by atoms with E-state index in [2.05, 4.69) is 11.9 Å². The van der Waals surface area contributed by atoms with Gasteiger partial charge in [0.15, 0.2) is 9.84 Å². The van der Waals surface area contributed by atoms with Gasteiger partial charge in [0.05, 0.1) is 4.90 Å². The van der Waals surface area contributed by atoms with E-state index in [1.54, 1.807) is 6.92 Å². The van der Waals surface area contributed by atoms with Gasteiger partial charge in [-0.15, -0.1) is 0 Å². The highest BCUT2D eigenvalue weighted by molar-refractivity contribution is 7.90. The van der Waals surface area contributed by atoms with E-state index in [4.69, 9.17) is 0 Å². The second kappa shape index (κ2) is 4.49. The molecule has 1 amide bonds. The van der Waals surface area contributed by atoms with Crippen LogP contribution in [0.3, 0.4) is 0 Å². The molecule has 5 heteroatoms. The van der Waals surface area contributed by atoms with Gasteiger partial charge in [0.1, 0.15) is 0 Å². The van der Waals surface area contributed by atoms with Crippen LogP contribution in [0.1, 0.15) is 6.92 Å². The van der Waals surface area contributed by atoms with Gasteiger partial charge >= 0.3 is 0 Å². The summed E-state index contributed by atoms with van der Waals surface area (Å²) in [5.74, 6) is -0.285. The molecule has 0 saturated carbocycles. The number of sulfone groups is 1. The Balaban J connectivity index is 2.88. The van der Waals surface area contributed by atoms with E-state index in [9.17, 15) is 13.2 Å². The summed E-state index contributed by atoms with van der Waals surface area (Å²) in [5, 5.41) is 2.59. The Bertz CT molecular complexity index is 515. The summed E-state index contributed by atoms with van der Waals surface area (Å²) < 4.78 is 22.3. The Morgan fingerprint density at radius 1 is 1.25 bits per heavy atom. The minimum atomic E-state index is -3.19. The lowest BCUT2D eigenvalue weighted by atomic mass is 10.3. The molecule has 1 aromatic carbocycles. The highest BCUT2D eigenvalue weighted by Crippen LogP contribution is 2.14. The van der Waals surface area contributed by atoms with E-state index in [1.165, 1.54) is 24.3 Å². The van der Waals surface area contributed by atoms with E-state index >= 15 is 0 Å². The van der Waals surface area contributed by atoms with E-state index in [0.717, 1.165) is 6.26 Å². The number of nitrogens with one attached hydrogen (secondary N) is 1. The highest BCUT2D eigenvalue weighted by atomic mass is 32.2. The molecule has 0 spiro atoms. The molecular formula is C11H13NO3S. The molecular weight excluding hydrogens is 226 g/mol. The summed E-state index contributed by atoms with van der Waals surface area (Å²) in [5.41, 5.74) is 0.938. The van der Waals surface area contributed by atoms with Crippen molar-refractivity contribution in [3.8, 4) is 0 Å². The van der Waals surface area contributed by atoms with Gasteiger partial charge in [-0.25, -0.2) is 8.42 Å². The van der Waals surface area contributed by atoms with Crippen molar-refractivity contribution in [1.29, 1.82) is 0 Å². The third-order valence-corrected chi connectivity index (χ3v) is 3.06. The van der Waals surface area contributed by atoms with Gasteiger partial charge in [-0.3, -0.25) is 4.79 Å². The number of carbonyl (C=O) groups is 1. The molecule has 0 aliphatic carbocycles. The molecule has 0 bridgehead atoms. The maximum atomic E-state index is 11.3. The van der Waals surface area contributed by atoms with E-state index in [-0.39, 0.29) is 10.8 Å². The molecule has 1 N–H and O–H groups in total. The molecule has 0 saturated heterocycles. The van der Waals surface area contributed by atoms with Gasteiger partial charge in [-0.05, 0) is 31.2 Å². The average molecular weight is 239 g/mol. The number of anilines is 1. The summed E-state index contributed by atoms with van der Waals surface area (Å²) in [6.45, 7) is 5.10. The van der Waals surface area contributed by atoms with Crippen molar-refractivity contribution in [2.45, 2.75) is 11.8 Å². The predicted octanol–water partition coefficient (Wildman–Crippen LogP) is 1.60. The summed E-state index contributed by atoms with van der Waals surface area (Å²) in [4.78, 5) is 11.5. The number of benzene rings is 1. The van der Waals surface area contributed by atoms with E-state index in [1.807, 2.05) is 0 Å². The van der Waals surface area contributed by atoms with Crippen LogP contribution >= 0.6 is 0 Å². The lowest BCUT2D eigenvalue weighted by molar-refractivity contribution is -0.112. The quantitative estimate of drug-likeness (QED) is 0.815. The molecule has 0 fully saturated rings. The van der Waals surface area contributed by atoms with Crippen molar-refractivity contribution in [2.75, 3.05) is 11.6 Å². The fourth-order valence-corrected chi connectivity index (χ4v) is 1.65. The van der Waals surface area contributed by atoms with Crippen LogP contribution in [0.2, 0.25) is 0 Å². The Hall–Kier alpha value is -1.62. The molecule has 16 heavy (non-hydrogen) atoms. The Morgan fingerprint density at radius 3 is 2.12 bits per heavy atom. The molecule has 0 aliphatic rings. The first kappa shape index (κ1) is 12.4. The predicted molar refractivity (Wildman–Crippen MR) is 63.0 cm³/mol. The minimum Gasteiger partial charge on any atom is -0.322 e. The standard InChI is InChI=1S/C11H13NO3S/c1-8(2)11(13)12-9-4-6-10(7-5-9)16(3,14)15/h4-7H,1H2,2-3H3,(H,12,13). The SMILES string of the molecule is C=C(C)C(=O)Nc1ccc(S(C)(=O)=O)cc1. The van der Waals surface area contributed by atoms with Gasteiger partial charge in [0, 0.05) is 17.5 Å². The fraction of sp³-hybridized carbons (Fsp3) is 0.182. The smallest absolute Gasteiger partial charge is 0.250 e. The molecule has 0 heterocycles. The van der Waals surface area contributed by atoms with Crippen LogP contribution < -0.4 is 5.32 Å². The zero-order valence-electron chi connectivity index (χ0n) is 9.15. The molecule has 0 radical (unpaired) electrons.